The molecule has 0 atom stereocenters. The van der Waals surface area contributed by atoms with Crippen LogP contribution in [0.2, 0.25) is 0 Å². The lowest BCUT2D eigenvalue weighted by atomic mass is 9.94. The zero-order chi connectivity index (χ0) is 15.6. The molecule has 0 aliphatic carbocycles. The molecule has 3 aromatic carbocycles. The summed E-state index contributed by atoms with van der Waals surface area (Å²) < 4.78 is 0. The second kappa shape index (κ2) is 6.02. The van der Waals surface area contributed by atoms with Gasteiger partial charge in [-0.05, 0) is 46.8 Å². The van der Waals surface area contributed by atoms with Crippen LogP contribution < -0.4 is 0 Å². The standard InChI is InChI=1S/C22H21N/c1-23-14-13-21-15-20(11-12-22(21)16-23)19-9-7-18(8-10-19)17-5-3-2-4-6-17/h2-12,15H,13-14,16H2,1H3. The van der Waals surface area contributed by atoms with E-state index in [1.165, 1.54) is 33.4 Å². The predicted molar refractivity (Wildman–Crippen MR) is 97.4 cm³/mol. The molecule has 0 unspecified atom stereocenters. The second-order valence-corrected chi connectivity index (χ2v) is 6.41. The first-order valence-corrected chi connectivity index (χ1v) is 8.26. The van der Waals surface area contributed by atoms with Gasteiger partial charge in [0, 0.05) is 13.1 Å². The van der Waals surface area contributed by atoms with Crippen molar-refractivity contribution in [2.45, 2.75) is 13.0 Å². The van der Waals surface area contributed by atoms with E-state index in [0.29, 0.717) is 0 Å². The number of likely N-dealkylation sites (N-methyl/N-ethyl adjacent to an activating group) is 1. The van der Waals surface area contributed by atoms with E-state index in [9.17, 15) is 0 Å². The Labute approximate surface area is 138 Å². The molecule has 23 heavy (non-hydrogen) atoms. The molecular weight excluding hydrogens is 278 g/mol. The van der Waals surface area contributed by atoms with Crippen LogP contribution in [0.3, 0.4) is 0 Å². The molecular formula is C22H21N. The third-order valence-electron chi connectivity index (χ3n) is 4.73. The van der Waals surface area contributed by atoms with Crippen molar-refractivity contribution in [1.82, 2.24) is 4.90 Å². The molecule has 0 amide bonds. The van der Waals surface area contributed by atoms with Crippen molar-refractivity contribution >= 4 is 0 Å². The van der Waals surface area contributed by atoms with Gasteiger partial charge in [0.1, 0.15) is 0 Å². The van der Waals surface area contributed by atoms with Crippen molar-refractivity contribution < 1.29 is 0 Å². The summed E-state index contributed by atoms with van der Waals surface area (Å²) in [6.07, 6.45) is 1.15. The summed E-state index contributed by atoms with van der Waals surface area (Å²) in [6.45, 7) is 2.23. The van der Waals surface area contributed by atoms with Crippen LogP contribution in [0.5, 0.6) is 0 Å². The van der Waals surface area contributed by atoms with Crippen molar-refractivity contribution in [2.75, 3.05) is 13.6 Å². The minimum atomic E-state index is 1.07. The number of hydrogen-bond acceptors (Lipinski definition) is 1. The fraction of sp³-hybridized carbons (Fsp3) is 0.182. The van der Waals surface area contributed by atoms with Gasteiger partial charge in [-0.25, -0.2) is 0 Å². The molecule has 0 fully saturated rings. The molecule has 1 heteroatoms. The summed E-state index contributed by atoms with van der Waals surface area (Å²) in [6, 6.07) is 26.4. The molecule has 0 saturated heterocycles. The number of benzene rings is 3. The van der Waals surface area contributed by atoms with Crippen molar-refractivity contribution in [3.05, 3.63) is 83.9 Å². The molecule has 0 saturated carbocycles. The lowest BCUT2D eigenvalue weighted by Gasteiger charge is -2.25. The topological polar surface area (TPSA) is 3.24 Å². The van der Waals surface area contributed by atoms with Gasteiger partial charge >= 0.3 is 0 Å². The zero-order valence-electron chi connectivity index (χ0n) is 13.5. The highest BCUT2D eigenvalue weighted by atomic mass is 15.1. The molecule has 1 aliphatic rings. The molecule has 0 bridgehead atoms. The Morgan fingerprint density at radius 2 is 1.26 bits per heavy atom. The number of rotatable bonds is 2. The summed E-state index contributed by atoms with van der Waals surface area (Å²) >= 11 is 0. The second-order valence-electron chi connectivity index (χ2n) is 6.41. The molecule has 3 aromatic rings. The van der Waals surface area contributed by atoms with E-state index in [4.69, 9.17) is 0 Å². The Bertz CT molecular complexity index is 803. The first kappa shape index (κ1) is 14.2. The van der Waals surface area contributed by atoms with Gasteiger partial charge in [-0.3, -0.25) is 0 Å². The molecule has 4 rings (SSSR count). The summed E-state index contributed by atoms with van der Waals surface area (Å²) in [5.74, 6) is 0. The van der Waals surface area contributed by atoms with Crippen molar-refractivity contribution in [1.29, 1.82) is 0 Å². The number of hydrogen-bond donors (Lipinski definition) is 0. The average Bonchev–Trinajstić information content (AvgIpc) is 2.62. The monoisotopic (exact) mass is 299 g/mol. The van der Waals surface area contributed by atoms with Gasteiger partial charge in [0.25, 0.3) is 0 Å². The molecule has 1 heterocycles. The van der Waals surface area contributed by atoms with Gasteiger partial charge in [-0.2, -0.15) is 0 Å². The van der Waals surface area contributed by atoms with Crippen molar-refractivity contribution in [3.8, 4) is 22.3 Å². The minimum Gasteiger partial charge on any atom is -0.302 e. The first-order chi connectivity index (χ1) is 11.3. The van der Waals surface area contributed by atoms with Crippen LogP contribution in [-0.4, -0.2) is 18.5 Å². The Balaban J connectivity index is 1.64. The fourth-order valence-electron chi connectivity index (χ4n) is 3.36. The Kier molecular flexibility index (Phi) is 3.72. The Hall–Kier alpha value is -2.38. The highest BCUT2D eigenvalue weighted by Gasteiger charge is 2.13. The highest BCUT2D eigenvalue weighted by Crippen LogP contribution is 2.28. The smallest absolute Gasteiger partial charge is 0.0233 e. The summed E-state index contributed by atoms with van der Waals surface area (Å²) in [5, 5.41) is 0. The molecule has 0 aromatic heterocycles. The Morgan fingerprint density at radius 1 is 0.652 bits per heavy atom. The van der Waals surface area contributed by atoms with E-state index in [1.54, 1.807) is 0 Å². The van der Waals surface area contributed by atoms with E-state index in [2.05, 4.69) is 84.7 Å². The third-order valence-corrected chi connectivity index (χ3v) is 4.73. The summed E-state index contributed by atoms with van der Waals surface area (Å²) in [4.78, 5) is 2.39. The van der Waals surface area contributed by atoms with E-state index in [0.717, 1.165) is 19.5 Å². The van der Waals surface area contributed by atoms with Gasteiger partial charge < -0.3 is 4.90 Å². The maximum absolute atomic E-state index is 2.39. The van der Waals surface area contributed by atoms with E-state index >= 15 is 0 Å². The molecule has 0 spiro atoms. The summed E-state index contributed by atoms with van der Waals surface area (Å²) in [7, 11) is 2.19. The highest BCUT2D eigenvalue weighted by molar-refractivity contribution is 5.71. The Morgan fingerprint density at radius 3 is 2.00 bits per heavy atom. The van der Waals surface area contributed by atoms with Crippen LogP contribution in [0.1, 0.15) is 11.1 Å². The summed E-state index contributed by atoms with van der Waals surface area (Å²) in [5.41, 5.74) is 8.15. The van der Waals surface area contributed by atoms with Crippen LogP contribution in [0.4, 0.5) is 0 Å². The van der Waals surface area contributed by atoms with Crippen LogP contribution in [-0.2, 0) is 13.0 Å². The molecule has 1 aliphatic heterocycles. The van der Waals surface area contributed by atoms with Crippen LogP contribution in [0.25, 0.3) is 22.3 Å². The quantitative estimate of drug-likeness (QED) is 0.643. The third kappa shape index (κ3) is 2.93. The van der Waals surface area contributed by atoms with Gasteiger partial charge in [-0.1, -0.05) is 72.8 Å². The zero-order valence-corrected chi connectivity index (χ0v) is 13.5. The van der Waals surface area contributed by atoms with Gasteiger partial charge in [0.15, 0.2) is 0 Å². The first-order valence-electron chi connectivity index (χ1n) is 8.26. The lowest BCUT2D eigenvalue weighted by Crippen LogP contribution is -2.26. The molecule has 0 N–H and O–H groups in total. The minimum absolute atomic E-state index is 1.07. The van der Waals surface area contributed by atoms with Crippen LogP contribution >= 0.6 is 0 Å². The van der Waals surface area contributed by atoms with Gasteiger partial charge in [0.05, 0.1) is 0 Å². The lowest BCUT2D eigenvalue weighted by molar-refractivity contribution is 0.313. The number of fused-ring (bicyclic) bond motifs is 1. The maximum Gasteiger partial charge on any atom is 0.0233 e. The maximum atomic E-state index is 2.39. The van der Waals surface area contributed by atoms with Gasteiger partial charge in [0.2, 0.25) is 0 Å². The molecule has 0 radical (unpaired) electrons. The normalized spacial score (nSPS) is 14.5. The SMILES string of the molecule is CN1CCc2cc(-c3ccc(-c4ccccc4)cc3)ccc2C1. The largest absolute Gasteiger partial charge is 0.302 e. The molecule has 1 nitrogen and oxygen atoms in total. The van der Waals surface area contributed by atoms with E-state index < -0.39 is 0 Å². The average molecular weight is 299 g/mol. The number of nitrogens with zero attached hydrogens (tertiary/aromatic N) is 1. The van der Waals surface area contributed by atoms with Crippen LogP contribution in [0, 0.1) is 0 Å². The predicted octanol–water partition coefficient (Wildman–Crippen LogP) is 5.01. The van der Waals surface area contributed by atoms with E-state index in [1.807, 2.05) is 0 Å². The van der Waals surface area contributed by atoms with Crippen LogP contribution in [0.15, 0.2) is 72.8 Å². The fourth-order valence-corrected chi connectivity index (χ4v) is 3.36. The van der Waals surface area contributed by atoms with Gasteiger partial charge in [-0.15, -0.1) is 0 Å². The van der Waals surface area contributed by atoms with E-state index in [-0.39, 0.29) is 0 Å². The van der Waals surface area contributed by atoms with Crippen molar-refractivity contribution in [2.24, 2.45) is 0 Å². The molecule has 114 valence electrons. The van der Waals surface area contributed by atoms with Crippen molar-refractivity contribution in [3.63, 3.8) is 0 Å².